The number of piperazine rings is 1. The quantitative estimate of drug-likeness (QED) is 0.460. The number of carbonyl (C=O) groups excluding carboxylic acids is 1. The number of sulfonamides is 1. The second-order valence-corrected chi connectivity index (χ2v) is 9.93. The van der Waals surface area contributed by atoms with Crippen molar-refractivity contribution in [1.82, 2.24) is 4.90 Å². The molecule has 162 valence electrons. The highest BCUT2D eigenvalue weighted by molar-refractivity contribution is 7.92. The van der Waals surface area contributed by atoms with Gasteiger partial charge in [0.2, 0.25) is 0 Å². The van der Waals surface area contributed by atoms with Crippen LogP contribution in [0.1, 0.15) is 0 Å². The molecule has 1 aliphatic heterocycles. The van der Waals surface area contributed by atoms with Crippen molar-refractivity contribution in [3.05, 3.63) is 47.5 Å². The molecule has 0 saturated carbocycles. The van der Waals surface area contributed by atoms with Gasteiger partial charge in [-0.2, -0.15) is 0 Å². The molecule has 0 radical (unpaired) electrons. The van der Waals surface area contributed by atoms with E-state index in [4.69, 9.17) is 11.6 Å². The average molecular weight is 454 g/mol. The standard InChI is InChI=1S/C20H25ClN4O4S/c1-24-8-10-25(2,11-9-24)14-20(27)22-17-13-19(26)18(12-16(17)21)23-30(28,29)15-6-4-3-5-7-15/h3-7,12-13,23H,8-11,14H2,1-2H3,(H-,22,26,27)/p+1. The van der Waals surface area contributed by atoms with Gasteiger partial charge in [0.1, 0.15) is 5.75 Å². The van der Waals surface area contributed by atoms with E-state index >= 15 is 0 Å². The molecule has 10 heteroatoms. The second kappa shape index (κ2) is 8.81. The van der Waals surface area contributed by atoms with Gasteiger partial charge in [-0.25, -0.2) is 8.42 Å². The number of phenolic OH excluding ortho intramolecular Hbond substituents is 1. The van der Waals surface area contributed by atoms with Crippen molar-refractivity contribution in [1.29, 1.82) is 0 Å². The number of benzene rings is 2. The predicted octanol–water partition coefficient (Wildman–Crippen LogP) is 2.18. The predicted molar refractivity (Wildman–Crippen MR) is 117 cm³/mol. The van der Waals surface area contributed by atoms with Crippen LogP contribution in [0, 0.1) is 0 Å². The molecule has 1 heterocycles. The minimum atomic E-state index is -3.88. The summed E-state index contributed by atoms with van der Waals surface area (Å²) in [5.41, 5.74) is 0.155. The van der Waals surface area contributed by atoms with Crippen molar-refractivity contribution in [2.45, 2.75) is 4.90 Å². The zero-order valence-electron chi connectivity index (χ0n) is 16.9. The first kappa shape index (κ1) is 22.4. The van der Waals surface area contributed by atoms with E-state index in [-0.39, 0.29) is 39.5 Å². The summed E-state index contributed by atoms with van der Waals surface area (Å²) in [5, 5.41) is 13.1. The highest BCUT2D eigenvalue weighted by Crippen LogP contribution is 2.35. The number of nitrogens with one attached hydrogen (secondary N) is 2. The highest BCUT2D eigenvalue weighted by Gasteiger charge is 2.30. The molecule has 0 atom stereocenters. The Balaban J connectivity index is 1.71. The number of amides is 1. The number of nitrogens with zero attached hydrogens (tertiary/aromatic N) is 2. The van der Waals surface area contributed by atoms with Gasteiger partial charge < -0.3 is 14.9 Å². The van der Waals surface area contributed by atoms with Crippen molar-refractivity contribution in [2.24, 2.45) is 0 Å². The van der Waals surface area contributed by atoms with E-state index in [9.17, 15) is 18.3 Å². The van der Waals surface area contributed by atoms with Gasteiger partial charge in [0.05, 0.1) is 41.4 Å². The summed E-state index contributed by atoms with van der Waals surface area (Å²) in [7, 11) is 0.207. The molecule has 0 spiro atoms. The fourth-order valence-corrected chi connectivity index (χ4v) is 4.58. The topological polar surface area (TPSA) is 98.7 Å². The molecule has 1 aliphatic rings. The molecule has 0 aliphatic carbocycles. The third-order valence-electron chi connectivity index (χ3n) is 5.23. The van der Waals surface area contributed by atoms with Gasteiger partial charge in [-0.3, -0.25) is 14.4 Å². The van der Waals surface area contributed by atoms with Gasteiger partial charge >= 0.3 is 0 Å². The fourth-order valence-electron chi connectivity index (χ4n) is 3.29. The average Bonchev–Trinajstić information content (AvgIpc) is 2.69. The zero-order valence-corrected chi connectivity index (χ0v) is 18.5. The number of hydrogen-bond acceptors (Lipinski definition) is 5. The van der Waals surface area contributed by atoms with Crippen molar-refractivity contribution in [2.75, 3.05) is 56.9 Å². The lowest BCUT2D eigenvalue weighted by Crippen LogP contribution is -2.58. The van der Waals surface area contributed by atoms with Crippen LogP contribution in [0.4, 0.5) is 11.4 Å². The molecule has 3 N–H and O–H groups in total. The summed E-state index contributed by atoms with van der Waals surface area (Å²) in [6.07, 6.45) is 0. The zero-order chi connectivity index (χ0) is 21.9. The summed E-state index contributed by atoms with van der Waals surface area (Å²) in [4.78, 5) is 14.8. The van der Waals surface area contributed by atoms with Gasteiger partial charge in [-0.1, -0.05) is 29.8 Å². The molecular formula is C20H26ClN4O4S+. The van der Waals surface area contributed by atoms with Crippen LogP contribution in [0.25, 0.3) is 0 Å². The van der Waals surface area contributed by atoms with Crippen LogP contribution >= 0.6 is 11.6 Å². The molecular weight excluding hydrogens is 428 g/mol. The summed E-state index contributed by atoms with van der Waals surface area (Å²) in [5.74, 6) is -0.560. The smallest absolute Gasteiger partial charge is 0.279 e. The minimum absolute atomic E-state index is 0.0574. The van der Waals surface area contributed by atoms with E-state index in [0.717, 1.165) is 26.2 Å². The Kier molecular flexibility index (Phi) is 6.56. The van der Waals surface area contributed by atoms with Crippen molar-refractivity contribution in [3.63, 3.8) is 0 Å². The second-order valence-electron chi connectivity index (χ2n) is 7.84. The van der Waals surface area contributed by atoms with Gasteiger partial charge in [-0.15, -0.1) is 0 Å². The van der Waals surface area contributed by atoms with E-state index in [1.165, 1.54) is 24.3 Å². The van der Waals surface area contributed by atoms with E-state index in [0.29, 0.717) is 4.48 Å². The van der Waals surface area contributed by atoms with Crippen LogP contribution in [-0.4, -0.2) is 75.6 Å². The van der Waals surface area contributed by atoms with E-state index in [2.05, 4.69) is 22.0 Å². The largest absolute Gasteiger partial charge is 0.506 e. The molecule has 3 rings (SSSR count). The van der Waals surface area contributed by atoms with Crippen LogP contribution in [0.5, 0.6) is 5.75 Å². The summed E-state index contributed by atoms with van der Waals surface area (Å²) in [6, 6.07) is 10.3. The number of rotatable bonds is 6. The number of carbonyl (C=O) groups is 1. The van der Waals surface area contributed by atoms with Crippen LogP contribution in [0.3, 0.4) is 0 Å². The summed E-state index contributed by atoms with van der Waals surface area (Å²) < 4.78 is 27.9. The Morgan fingerprint density at radius 2 is 1.80 bits per heavy atom. The molecule has 2 aromatic rings. The number of anilines is 2. The van der Waals surface area contributed by atoms with Crippen LogP contribution in [0.15, 0.2) is 47.4 Å². The third kappa shape index (κ3) is 5.42. The first-order chi connectivity index (χ1) is 14.1. The molecule has 1 saturated heterocycles. The van der Waals surface area contributed by atoms with Gasteiger partial charge in [0.15, 0.2) is 6.54 Å². The summed E-state index contributed by atoms with van der Waals surface area (Å²) in [6.45, 7) is 3.85. The first-order valence-electron chi connectivity index (χ1n) is 9.50. The van der Waals surface area contributed by atoms with Gasteiger partial charge in [0.25, 0.3) is 15.9 Å². The molecule has 2 aromatic carbocycles. The summed E-state index contributed by atoms with van der Waals surface area (Å²) >= 11 is 6.24. The molecule has 1 fully saturated rings. The lowest BCUT2D eigenvalue weighted by atomic mass is 10.2. The van der Waals surface area contributed by atoms with Crippen LogP contribution < -0.4 is 10.0 Å². The number of aromatic hydroxyl groups is 1. The Bertz CT molecular complexity index is 1020. The molecule has 8 nitrogen and oxygen atoms in total. The molecule has 30 heavy (non-hydrogen) atoms. The molecule has 1 amide bonds. The lowest BCUT2D eigenvalue weighted by molar-refractivity contribution is -0.905. The van der Waals surface area contributed by atoms with Crippen LogP contribution in [-0.2, 0) is 14.8 Å². The van der Waals surface area contributed by atoms with Crippen LogP contribution in [0.2, 0.25) is 5.02 Å². The number of likely N-dealkylation sites (N-methyl/N-ethyl adjacent to an activating group) is 2. The lowest BCUT2D eigenvalue weighted by Gasteiger charge is -2.40. The van der Waals surface area contributed by atoms with E-state index < -0.39 is 10.0 Å². The molecule has 0 bridgehead atoms. The minimum Gasteiger partial charge on any atom is -0.506 e. The maximum Gasteiger partial charge on any atom is 0.279 e. The Labute approximate surface area is 181 Å². The molecule has 0 unspecified atom stereocenters. The SMILES string of the molecule is CN1CC[N+](C)(CC(=O)Nc2cc(O)c(NS(=O)(=O)c3ccccc3)cc2Cl)CC1. The fraction of sp³-hybridized carbons (Fsp3) is 0.350. The highest BCUT2D eigenvalue weighted by atomic mass is 35.5. The maximum atomic E-state index is 12.5. The number of hydrogen-bond donors (Lipinski definition) is 3. The van der Waals surface area contributed by atoms with Crippen molar-refractivity contribution >= 4 is 38.9 Å². The first-order valence-corrected chi connectivity index (χ1v) is 11.4. The Morgan fingerprint density at radius 3 is 2.43 bits per heavy atom. The number of halogens is 1. The normalized spacial score (nSPS) is 16.8. The molecule has 0 aromatic heterocycles. The number of quaternary nitrogens is 1. The third-order valence-corrected chi connectivity index (χ3v) is 6.92. The Morgan fingerprint density at radius 1 is 1.17 bits per heavy atom. The van der Waals surface area contributed by atoms with Gasteiger partial charge in [-0.05, 0) is 25.2 Å². The maximum absolute atomic E-state index is 12.5. The van der Waals surface area contributed by atoms with E-state index in [1.54, 1.807) is 18.2 Å². The van der Waals surface area contributed by atoms with Crippen molar-refractivity contribution < 1.29 is 22.8 Å². The van der Waals surface area contributed by atoms with E-state index in [1.807, 2.05) is 7.05 Å². The number of phenols is 1. The van der Waals surface area contributed by atoms with Crippen molar-refractivity contribution in [3.8, 4) is 5.75 Å². The monoisotopic (exact) mass is 453 g/mol. The van der Waals surface area contributed by atoms with Gasteiger partial charge in [0, 0.05) is 19.2 Å². The Hall–Kier alpha value is -2.33.